The first-order valence-electron chi connectivity index (χ1n) is 6.60. The van der Waals surface area contributed by atoms with E-state index in [1.54, 1.807) is 11.9 Å². The average molecular weight is 285 g/mol. The molecule has 0 spiro atoms. The van der Waals surface area contributed by atoms with Crippen LogP contribution in [-0.2, 0) is 14.3 Å². The van der Waals surface area contributed by atoms with Crippen molar-refractivity contribution in [2.75, 3.05) is 33.4 Å². The first-order valence-corrected chi connectivity index (χ1v) is 6.60. The predicted octanol–water partition coefficient (Wildman–Crippen LogP) is -0.898. The van der Waals surface area contributed by atoms with Gasteiger partial charge < -0.3 is 25.0 Å². The maximum absolute atomic E-state index is 12.2. The molecule has 8 nitrogen and oxygen atoms in total. The van der Waals surface area contributed by atoms with Gasteiger partial charge in [-0.05, 0) is 6.42 Å². The zero-order chi connectivity index (χ0) is 14.7. The highest BCUT2D eigenvalue weighted by molar-refractivity contribution is 5.83. The summed E-state index contributed by atoms with van der Waals surface area (Å²) in [5.41, 5.74) is 0. The van der Waals surface area contributed by atoms with Crippen LogP contribution in [0.1, 0.15) is 12.8 Å². The van der Waals surface area contributed by atoms with E-state index in [0.29, 0.717) is 26.0 Å². The van der Waals surface area contributed by atoms with Crippen molar-refractivity contribution in [3.8, 4) is 0 Å². The van der Waals surface area contributed by atoms with Crippen LogP contribution < -0.4 is 5.32 Å². The van der Waals surface area contributed by atoms with Crippen LogP contribution in [0.25, 0.3) is 0 Å². The standard InChI is InChI=1S/C12H19N3O5/c1-14-6-8(2-3-10(14)16)13-12(19)15-4-5-20-7-9(15)11(17)18/h8-9H,2-7H2,1H3,(H,13,19)(H,17,18). The molecule has 2 atom stereocenters. The summed E-state index contributed by atoms with van der Waals surface area (Å²) in [4.78, 5) is 37.5. The number of carbonyl (C=O) groups excluding carboxylic acids is 2. The Morgan fingerprint density at radius 2 is 2.20 bits per heavy atom. The molecule has 2 saturated heterocycles. The van der Waals surface area contributed by atoms with Gasteiger partial charge in [0.1, 0.15) is 0 Å². The van der Waals surface area contributed by atoms with Gasteiger partial charge in [0.2, 0.25) is 5.91 Å². The summed E-state index contributed by atoms with van der Waals surface area (Å²) in [7, 11) is 1.69. The van der Waals surface area contributed by atoms with Crippen LogP contribution in [-0.4, -0.2) is 78.2 Å². The molecule has 0 aromatic heterocycles. The first-order chi connectivity index (χ1) is 9.49. The molecule has 2 heterocycles. The number of likely N-dealkylation sites (N-methyl/N-ethyl adjacent to an activating group) is 1. The third-order valence-corrected chi connectivity index (χ3v) is 3.63. The predicted molar refractivity (Wildman–Crippen MR) is 68.1 cm³/mol. The molecule has 8 heteroatoms. The summed E-state index contributed by atoms with van der Waals surface area (Å²) < 4.78 is 5.09. The van der Waals surface area contributed by atoms with E-state index in [1.807, 2.05) is 0 Å². The summed E-state index contributed by atoms with van der Waals surface area (Å²) in [6.07, 6.45) is 0.976. The number of urea groups is 1. The Hall–Kier alpha value is -1.83. The Balaban J connectivity index is 1.93. The lowest BCUT2D eigenvalue weighted by atomic mass is 10.1. The SMILES string of the molecule is CN1CC(NC(=O)N2CCOCC2C(=O)O)CCC1=O. The largest absolute Gasteiger partial charge is 0.480 e. The average Bonchev–Trinajstić information content (AvgIpc) is 2.43. The molecule has 20 heavy (non-hydrogen) atoms. The minimum absolute atomic E-state index is 0.00576. The number of morpholine rings is 1. The molecule has 0 aliphatic carbocycles. The second-order valence-electron chi connectivity index (χ2n) is 5.08. The van der Waals surface area contributed by atoms with Crippen LogP contribution in [0.3, 0.4) is 0 Å². The molecule has 0 saturated carbocycles. The van der Waals surface area contributed by atoms with Gasteiger partial charge in [-0.15, -0.1) is 0 Å². The molecular weight excluding hydrogens is 266 g/mol. The molecule has 3 amide bonds. The highest BCUT2D eigenvalue weighted by Crippen LogP contribution is 2.12. The number of carboxylic acid groups (broad SMARTS) is 1. The number of rotatable bonds is 2. The molecule has 2 aliphatic rings. The Morgan fingerprint density at radius 3 is 2.85 bits per heavy atom. The number of ether oxygens (including phenoxy) is 1. The molecule has 2 rings (SSSR count). The number of hydrogen-bond donors (Lipinski definition) is 2. The van der Waals surface area contributed by atoms with Crippen molar-refractivity contribution in [2.45, 2.75) is 24.9 Å². The van der Waals surface area contributed by atoms with E-state index in [1.165, 1.54) is 4.90 Å². The van der Waals surface area contributed by atoms with Crippen LogP contribution >= 0.6 is 0 Å². The fourth-order valence-electron chi connectivity index (χ4n) is 2.44. The number of amides is 3. The van der Waals surface area contributed by atoms with Crippen LogP contribution in [0.5, 0.6) is 0 Å². The van der Waals surface area contributed by atoms with Gasteiger partial charge >= 0.3 is 12.0 Å². The van der Waals surface area contributed by atoms with Gasteiger partial charge in [-0.3, -0.25) is 4.79 Å². The summed E-state index contributed by atoms with van der Waals surface area (Å²) >= 11 is 0. The lowest BCUT2D eigenvalue weighted by Gasteiger charge is -2.36. The highest BCUT2D eigenvalue weighted by Gasteiger charge is 2.34. The third-order valence-electron chi connectivity index (χ3n) is 3.63. The first kappa shape index (κ1) is 14.6. The van der Waals surface area contributed by atoms with Crippen molar-refractivity contribution in [1.29, 1.82) is 0 Å². The topological polar surface area (TPSA) is 99.2 Å². The van der Waals surface area contributed by atoms with Crippen LogP contribution in [0.2, 0.25) is 0 Å². The van der Waals surface area contributed by atoms with Gasteiger partial charge in [0.25, 0.3) is 0 Å². The van der Waals surface area contributed by atoms with E-state index in [4.69, 9.17) is 9.84 Å². The highest BCUT2D eigenvalue weighted by atomic mass is 16.5. The number of carboxylic acids is 1. The third kappa shape index (κ3) is 3.19. The minimum Gasteiger partial charge on any atom is -0.480 e. The number of nitrogens with one attached hydrogen (secondary N) is 1. The van der Waals surface area contributed by atoms with Crippen molar-refractivity contribution in [3.63, 3.8) is 0 Å². The van der Waals surface area contributed by atoms with Gasteiger partial charge in [-0.25, -0.2) is 9.59 Å². The van der Waals surface area contributed by atoms with E-state index in [2.05, 4.69) is 5.32 Å². The summed E-state index contributed by atoms with van der Waals surface area (Å²) in [6, 6.07) is -1.50. The second-order valence-corrected chi connectivity index (χ2v) is 5.08. The molecule has 112 valence electrons. The Labute approximate surface area is 116 Å². The van der Waals surface area contributed by atoms with Crippen LogP contribution in [0.4, 0.5) is 4.79 Å². The molecule has 2 N–H and O–H groups in total. The number of piperidine rings is 1. The van der Waals surface area contributed by atoms with Crippen molar-refractivity contribution >= 4 is 17.9 Å². The van der Waals surface area contributed by atoms with Gasteiger partial charge in [-0.1, -0.05) is 0 Å². The van der Waals surface area contributed by atoms with Crippen LogP contribution in [0.15, 0.2) is 0 Å². The molecule has 0 bridgehead atoms. The second kappa shape index (κ2) is 6.08. The number of likely N-dealkylation sites (tertiary alicyclic amines) is 1. The fraction of sp³-hybridized carbons (Fsp3) is 0.750. The molecule has 0 aromatic rings. The number of nitrogens with zero attached hydrogens (tertiary/aromatic N) is 2. The van der Waals surface area contributed by atoms with Crippen molar-refractivity contribution in [2.24, 2.45) is 0 Å². The van der Waals surface area contributed by atoms with E-state index in [0.717, 1.165) is 0 Å². The summed E-state index contributed by atoms with van der Waals surface area (Å²) in [6.45, 7) is 1.04. The number of aliphatic carboxylic acids is 1. The fourth-order valence-corrected chi connectivity index (χ4v) is 2.44. The Morgan fingerprint density at radius 1 is 1.45 bits per heavy atom. The molecule has 0 radical (unpaired) electrons. The Bertz CT molecular complexity index is 414. The molecule has 0 aromatic carbocycles. The monoisotopic (exact) mass is 285 g/mol. The van der Waals surface area contributed by atoms with Crippen molar-refractivity contribution in [3.05, 3.63) is 0 Å². The number of carbonyl (C=O) groups is 3. The normalized spacial score (nSPS) is 27.4. The van der Waals surface area contributed by atoms with Crippen molar-refractivity contribution in [1.82, 2.24) is 15.1 Å². The maximum atomic E-state index is 12.2. The van der Waals surface area contributed by atoms with E-state index in [-0.39, 0.29) is 25.1 Å². The minimum atomic E-state index is -1.07. The van der Waals surface area contributed by atoms with E-state index >= 15 is 0 Å². The van der Waals surface area contributed by atoms with Crippen molar-refractivity contribution < 1.29 is 24.2 Å². The smallest absolute Gasteiger partial charge is 0.328 e. The van der Waals surface area contributed by atoms with Gasteiger partial charge in [0, 0.05) is 32.6 Å². The van der Waals surface area contributed by atoms with E-state index in [9.17, 15) is 14.4 Å². The molecule has 2 unspecified atom stereocenters. The zero-order valence-corrected chi connectivity index (χ0v) is 11.4. The molecular formula is C12H19N3O5. The maximum Gasteiger partial charge on any atom is 0.328 e. The summed E-state index contributed by atoms with van der Waals surface area (Å²) in [5.74, 6) is -1.01. The summed E-state index contributed by atoms with van der Waals surface area (Å²) in [5, 5.41) is 11.9. The lowest BCUT2D eigenvalue weighted by Crippen LogP contribution is -2.59. The quantitative estimate of drug-likeness (QED) is 0.685. The van der Waals surface area contributed by atoms with Gasteiger partial charge in [-0.2, -0.15) is 0 Å². The van der Waals surface area contributed by atoms with Gasteiger partial charge in [0.05, 0.1) is 13.2 Å². The van der Waals surface area contributed by atoms with E-state index < -0.39 is 18.0 Å². The van der Waals surface area contributed by atoms with Gasteiger partial charge in [0.15, 0.2) is 6.04 Å². The Kier molecular flexibility index (Phi) is 4.43. The zero-order valence-electron chi connectivity index (χ0n) is 11.4. The lowest BCUT2D eigenvalue weighted by molar-refractivity contribution is -0.147. The molecule has 2 aliphatic heterocycles. The molecule has 2 fully saturated rings. The number of hydrogen-bond acceptors (Lipinski definition) is 4. The van der Waals surface area contributed by atoms with Crippen LogP contribution in [0, 0.1) is 0 Å².